The van der Waals surface area contributed by atoms with Crippen LogP contribution in [0.1, 0.15) is 32.8 Å². The lowest BCUT2D eigenvalue weighted by Gasteiger charge is -2.28. The van der Waals surface area contributed by atoms with Gasteiger partial charge in [0.15, 0.2) is 0 Å². The molecular formula is C17H29BrN2O. The van der Waals surface area contributed by atoms with Gasteiger partial charge in [0.2, 0.25) is 0 Å². The van der Waals surface area contributed by atoms with Gasteiger partial charge in [-0.3, -0.25) is 0 Å². The summed E-state index contributed by atoms with van der Waals surface area (Å²) in [6.45, 7) is 11.4. The summed E-state index contributed by atoms with van der Waals surface area (Å²) in [6, 6.07) is 6.57. The second-order valence-electron chi connectivity index (χ2n) is 5.49. The molecule has 1 N–H and O–H groups in total. The maximum atomic E-state index is 5.09. The number of hydrogen-bond donors (Lipinski definition) is 1. The van der Waals surface area contributed by atoms with Crippen molar-refractivity contribution < 1.29 is 4.74 Å². The molecule has 120 valence electrons. The number of methoxy groups -OCH3 is 1. The van der Waals surface area contributed by atoms with Crippen LogP contribution in [0.15, 0.2) is 22.7 Å². The van der Waals surface area contributed by atoms with Crippen molar-refractivity contribution in [2.24, 2.45) is 5.92 Å². The van der Waals surface area contributed by atoms with Crippen molar-refractivity contribution in [3.63, 3.8) is 0 Å². The van der Waals surface area contributed by atoms with Gasteiger partial charge in [-0.25, -0.2) is 0 Å². The number of halogens is 1. The molecule has 1 aromatic carbocycles. The maximum absolute atomic E-state index is 5.09. The first kappa shape index (κ1) is 18.5. The van der Waals surface area contributed by atoms with Crippen molar-refractivity contribution in [3.05, 3.63) is 28.2 Å². The van der Waals surface area contributed by atoms with E-state index in [9.17, 15) is 0 Å². The Morgan fingerprint density at radius 3 is 2.71 bits per heavy atom. The Morgan fingerprint density at radius 1 is 1.33 bits per heavy atom. The van der Waals surface area contributed by atoms with Crippen molar-refractivity contribution in [1.82, 2.24) is 5.32 Å². The predicted molar refractivity (Wildman–Crippen MR) is 95.1 cm³/mol. The first-order valence-electron chi connectivity index (χ1n) is 7.85. The van der Waals surface area contributed by atoms with Crippen LogP contribution in [0.3, 0.4) is 0 Å². The highest BCUT2D eigenvalue weighted by atomic mass is 79.9. The number of nitrogens with zero attached hydrogens (tertiary/aromatic N) is 1. The summed E-state index contributed by atoms with van der Waals surface area (Å²) in [5.41, 5.74) is 2.68. The zero-order valence-corrected chi connectivity index (χ0v) is 15.4. The molecule has 0 heterocycles. The van der Waals surface area contributed by atoms with E-state index in [1.165, 1.54) is 17.7 Å². The third-order valence-electron chi connectivity index (χ3n) is 3.79. The molecule has 0 radical (unpaired) electrons. The van der Waals surface area contributed by atoms with Gasteiger partial charge in [0.1, 0.15) is 0 Å². The molecular weight excluding hydrogens is 328 g/mol. The first-order valence-corrected chi connectivity index (χ1v) is 8.64. The van der Waals surface area contributed by atoms with E-state index < -0.39 is 0 Å². The van der Waals surface area contributed by atoms with Crippen LogP contribution < -0.4 is 10.2 Å². The average Bonchev–Trinajstić information content (AvgIpc) is 2.49. The number of hydrogen-bond acceptors (Lipinski definition) is 3. The summed E-state index contributed by atoms with van der Waals surface area (Å²) in [7, 11) is 1.73. The quantitative estimate of drug-likeness (QED) is 0.639. The first-order chi connectivity index (χ1) is 10.1. The number of rotatable bonds is 10. The van der Waals surface area contributed by atoms with Gasteiger partial charge in [-0.05, 0) is 36.6 Å². The van der Waals surface area contributed by atoms with Crippen LogP contribution in [0.25, 0.3) is 0 Å². The van der Waals surface area contributed by atoms with Gasteiger partial charge in [0.05, 0.1) is 6.61 Å². The Hall–Kier alpha value is -0.580. The average molecular weight is 357 g/mol. The predicted octanol–water partition coefficient (Wildman–Crippen LogP) is 4.06. The van der Waals surface area contributed by atoms with Gasteiger partial charge in [-0.2, -0.15) is 0 Å². The van der Waals surface area contributed by atoms with Crippen molar-refractivity contribution >= 4 is 21.6 Å². The van der Waals surface area contributed by atoms with Gasteiger partial charge in [-0.1, -0.05) is 36.2 Å². The highest BCUT2D eigenvalue weighted by Crippen LogP contribution is 2.25. The van der Waals surface area contributed by atoms with E-state index in [4.69, 9.17) is 4.74 Å². The molecule has 0 amide bonds. The second kappa shape index (κ2) is 10.2. The van der Waals surface area contributed by atoms with Crippen LogP contribution in [-0.2, 0) is 11.3 Å². The molecule has 3 nitrogen and oxygen atoms in total. The normalized spacial score (nSPS) is 12.4. The summed E-state index contributed by atoms with van der Waals surface area (Å²) in [6.07, 6.45) is 1.22. The summed E-state index contributed by atoms with van der Waals surface area (Å²) < 4.78 is 6.22. The van der Waals surface area contributed by atoms with Crippen molar-refractivity contribution in [2.75, 3.05) is 38.3 Å². The summed E-state index contributed by atoms with van der Waals surface area (Å²) >= 11 is 3.58. The summed E-state index contributed by atoms with van der Waals surface area (Å²) in [4.78, 5) is 2.48. The van der Waals surface area contributed by atoms with Gasteiger partial charge < -0.3 is 15.0 Å². The van der Waals surface area contributed by atoms with Gasteiger partial charge in [0.25, 0.3) is 0 Å². The van der Waals surface area contributed by atoms with Crippen LogP contribution in [0.4, 0.5) is 5.69 Å². The SMILES string of the molecule is CCC(C)CN(CC)c1ccc(Br)cc1CNCCOC. The lowest BCUT2D eigenvalue weighted by Crippen LogP contribution is -2.30. The number of nitrogens with one attached hydrogen (secondary N) is 1. The molecule has 0 aromatic heterocycles. The maximum Gasteiger partial charge on any atom is 0.0587 e. The van der Waals surface area contributed by atoms with Crippen LogP contribution in [-0.4, -0.2) is 33.4 Å². The summed E-state index contributed by atoms with van der Waals surface area (Å²) in [5, 5.41) is 3.44. The largest absolute Gasteiger partial charge is 0.383 e. The van der Waals surface area contributed by atoms with Gasteiger partial charge >= 0.3 is 0 Å². The third-order valence-corrected chi connectivity index (χ3v) is 4.28. The minimum atomic E-state index is 0.711. The standard InChI is InChI=1S/C17H29BrN2O/c1-5-14(3)13-20(6-2)17-8-7-16(18)11-15(17)12-19-9-10-21-4/h7-8,11,14,19H,5-6,9-10,12-13H2,1-4H3. The molecule has 1 rings (SSSR count). The number of anilines is 1. The molecule has 0 aliphatic rings. The van der Waals surface area contributed by atoms with Crippen molar-refractivity contribution in [1.29, 1.82) is 0 Å². The molecule has 0 bridgehead atoms. The highest BCUT2D eigenvalue weighted by Gasteiger charge is 2.12. The van der Waals surface area contributed by atoms with E-state index in [1.807, 2.05) is 0 Å². The van der Waals surface area contributed by atoms with E-state index in [0.717, 1.165) is 37.3 Å². The van der Waals surface area contributed by atoms with Gasteiger partial charge in [-0.15, -0.1) is 0 Å². The topological polar surface area (TPSA) is 24.5 Å². The zero-order chi connectivity index (χ0) is 15.7. The summed E-state index contributed by atoms with van der Waals surface area (Å²) in [5.74, 6) is 0.711. The van der Waals surface area contributed by atoms with E-state index in [-0.39, 0.29) is 0 Å². The molecule has 21 heavy (non-hydrogen) atoms. The van der Waals surface area contributed by atoms with Crippen LogP contribution >= 0.6 is 15.9 Å². The highest BCUT2D eigenvalue weighted by molar-refractivity contribution is 9.10. The molecule has 1 unspecified atom stereocenters. The Bertz CT molecular complexity index is 412. The van der Waals surface area contributed by atoms with Crippen LogP contribution in [0.5, 0.6) is 0 Å². The Labute approximate surface area is 138 Å². The monoisotopic (exact) mass is 356 g/mol. The Balaban J connectivity index is 2.82. The van der Waals surface area contributed by atoms with Crippen LogP contribution in [0.2, 0.25) is 0 Å². The van der Waals surface area contributed by atoms with Crippen molar-refractivity contribution in [2.45, 2.75) is 33.7 Å². The lowest BCUT2D eigenvalue weighted by molar-refractivity contribution is 0.199. The van der Waals surface area contributed by atoms with E-state index >= 15 is 0 Å². The zero-order valence-electron chi connectivity index (χ0n) is 13.8. The fourth-order valence-electron chi connectivity index (χ4n) is 2.30. The molecule has 0 saturated heterocycles. The second-order valence-corrected chi connectivity index (χ2v) is 6.41. The lowest BCUT2D eigenvalue weighted by atomic mass is 10.1. The molecule has 0 aliphatic carbocycles. The smallest absolute Gasteiger partial charge is 0.0587 e. The molecule has 0 saturated carbocycles. The number of ether oxygens (including phenoxy) is 1. The molecule has 0 spiro atoms. The number of benzene rings is 1. The van der Waals surface area contributed by atoms with Crippen LogP contribution in [0, 0.1) is 5.92 Å². The molecule has 1 aromatic rings. The molecule has 0 aliphatic heterocycles. The molecule has 0 fully saturated rings. The Morgan fingerprint density at radius 2 is 2.10 bits per heavy atom. The van der Waals surface area contributed by atoms with Gasteiger partial charge in [0, 0.05) is 43.4 Å². The minimum absolute atomic E-state index is 0.711. The minimum Gasteiger partial charge on any atom is -0.383 e. The van der Waals surface area contributed by atoms with E-state index in [0.29, 0.717) is 5.92 Å². The van der Waals surface area contributed by atoms with E-state index in [1.54, 1.807) is 7.11 Å². The van der Waals surface area contributed by atoms with Crippen molar-refractivity contribution in [3.8, 4) is 0 Å². The fourth-order valence-corrected chi connectivity index (χ4v) is 2.71. The third kappa shape index (κ3) is 6.37. The Kier molecular flexibility index (Phi) is 8.97. The molecule has 1 atom stereocenters. The fraction of sp³-hybridized carbons (Fsp3) is 0.647. The molecule has 4 heteroatoms. The van der Waals surface area contributed by atoms with E-state index in [2.05, 4.69) is 65.1 Å².